The summed E-state index contributed by atoms with van der Waals surface area (Å²) < 4.78 is 11.0. The normalized spacial score (nSPS) is 17.5. The first kappa shape index (κ1) is 21.9. The van der Waals surface area contributed by atoms with E-state index in [1.165, 1.54) is 12.8 Å². The van der Waals surface area contributed by atoms with Crippen molar-refractivity contribution in [3.8, 4) is 11.6 Å². The van der Waals surface area contributed by atoms with Gasteiger partial charge in [0.2, 0.25) is 5.88 Å². The molecule has 1 saturated heterocycles. The van der Waals surface area contributed by atoms with E-state index < -0.39 is 0 Å². The minimum Gasteiger partial charge on any atom is -0.437 e. The summed E-state index contributed by atoms with van der Waals surface area (Å²) in [6, 6.07) is 6.29. The lowest BCUT2D eigenvalue weighted by Gasteiger charge is -2.32. The highest BCUT2D eigenvalue weighted by Gasteiger charge is 2.25. The van der Waals surface area contributed by atoms with Crippen molar-refractivity contribution in [3.05, 3.63) is 52.1 Å². The lowest BCUT2D eigenvalue weighted by molar-refractivity contribution is 0.171. The molecule has 2 fully saturated rings. The molecule has 1 aromatic carbocycles. The third-order valence-corrected chi connectivity index (χ3v) is 7.55. The lowest BCUT2D eigenvalue weighted by Crippen LogP contribution is -2.34. The van der Waals surface area contributed by atoms with Crippen LogP contribution in [0.5, 0.6) is 11.6 Å². The second-order valence-electron chi connectivity index (χ2n) is 9.06. The van der Waals surface area contributed by atoms with Crippen molar-refractivity contribution in [2.24, 2.45) is 5.92 Å². The third kappa shape index (κ3) is 4.54. The number of likely N-dealkylation sites (tertiary alicyclic amines) is 1. The number of aromatic nitrogens is 7. The molecule has 3 aromatic heterocycles. The van der Waals surface area contributed by atoms with Crippen LogP contribution in [0.2, 0.25) is 5.02 Å². The van der Waals surface area contributed by atoms with Crippen LogP contribution in [-0.2, 0) is 13.1 Å². The van der Waals surface area contributed by atoms with Crippen molar-refractivity contribution in [2.75, 3.05) is 13.1 Å². The minimum atomic E-state index is 0.392. The fourth-order valence-corrected chi connectivity index (χ4v) is 5.19. The van der Waals surface area contributed by atoms with Crippen molar-refractivity contribution < 1.29 is 4.74 Å². The molecule has 4 heterocycles. The molecule has 0 atom stereocenters. The zero-order chi connectivity index (χ0) is 23.1. The van der Waals surface area contributed by atoms with Crippen LogP contribution in [0.15, 0.2) is 41.5 Å². The number of piperidine rings is 1. The number of pyridine rings is 1. The van der Waals surface area contributed by atoms with Crippen LogP contribution in [0.1, 0.15) is 37.3 Å². The molecule has 9 nitrogen and oxygen atoms in total. The second kappa shape index (κ2) is 9.24. The van der Waals surface area contributed by atoms with Crippen LogP contribution in [0, 0.1) is 5.92 Å². The smallest absolute Gasteiger partial charge is 0.223 e. The Kier molecular flexibility index (Phi) is 5.96. The Morgan fingerprint density at radius 1 is 1.15 bits per heavy atom. The quantitative estimate of drug-likeness (QED) is 0.328. The number of hydrogen-bond donors (Lipinski definition) is 0. The summed E-state index contributed by atoms with van der Waals surface area (Å²) in [5.41, 5.74) is 2.76. The summed E-state index contributed by atoms with van der Waals surface area (Å²) >= 11 is 9.98. The van der Waals surface area contributed by atoms with E-state index >= 15 is 0 Å². The lowest BCUT2D eigenvalue weighted by atomic mass is 10.0. The predicted molar refractivity (Wildman–Crippen MR) is 131 cm³/mol. The number of benzene rings is 1. The Balaban J connectivity index is 1.19. The molecule has 0 bridgehead atoms. The first-order chi connectivity index (χ1) is 16.6. The summed E-state index contributed by atoms with van der Waals surface area (Å²) in [7, 11) is 0. The zero-order valence-electron chi connectivity index (χ0n) is 18.5. The number of ether oxygens (including phenoxy) is 1. The van der Waals surface area contributed by atoms with Gasteiger partial charge in [0.1, 0.15) is 23.9 Å². The SMILES string of the molecule is Clc1cnc(Oc2ccc3c(nnn3CC3CC3)c2Br)c(CN2CCC(n3cncn3)CC2)c1. The molecule has 4 aromatic rings. The summed E-state index contributed by atoms with van der Waals surface area (Å²) in [4.78, 5) is 11.0. The van der Waals surface area contributed by atoms with E-state index in [0.29, 0.717) is 29.2 Å². The molecule has 0 unspecified atom stereocenters. The maximum atomic E-state index is 6.30. The van der Waals surface area contributed by atoms with Gasteiger partial charge in [-0.15, -0.1) is 5.10 Å². The molecule has 1 aliphatic carbocycles. The number of rotatable bonds is 7. The van der Waals surface area contributed by atoms with Gasteiger partial charge in [0.05, 0.1) is 21.1 Å². The van der Waals surface area contributed by atoms with Crippen molar-refractivity contribution in [1.82, 2.24) is 39.6 Å². The van der Waals surface area contributed by atoms with Gasteiger partial charge in [0.25, 0.3) is 0 Å². The first-order valence-corrected chi connectivity index (χ1v) is 12.7. The van der Waals surface area contributed by atoms with Gasteiger partial charge in [-0.1, -0.05) is 16.8 Å². The van der Waals surface area contributed by atoms with E-state index in [9.17, 15) is 0 Å². The van der Waals surface area contributed by atoms with Crippen molar-refractivity contribution in [2.45, 2.75) is 44.8 Å². The largest absolute Gasteiger partial charge is 0.437 e. The van der Waals surface area contributed by atoms with E-state index in [2.05, 4.69) is 46.2 Å². The Labute approximate surface area is 210 Å². The highest BCUT2D eigenvalue weighted by molar-refractivity contribution is 9.10. The molecule has 11 heteroatoms. The van der Waals surface area contributed by atoms with E-state index in [0.717, 1.165) is 59.5 Å². The standard InChI is InChI=1S/C23H24BrClN8O/c24-21-20(4-3-19-22(21)29-30-32(19)11-15-1-2-15)34-23-16(9-17(25)10-27-23)12-31-7-5-18(6-8-31)33-14-26-13-28-33/h3-4,9-10,13-15,18H,1-2,5-8,11-12H2. The molecule has 0 amide bonds. The summed E-state index contributed by atoms with van der Waals surface area (Å²) in [5, 5.41) is 13.6. The zero-order valence-corrected chi connectivity index (χ0v) is 20.9. The van der Waals surface area contributed by atoms with E-state index in [1.807, 2.05) is 27.6 Å². The van der Waals surface area contributed by atoms with Crippen LogP contribution < -0.4 is 4.74 Å². The van der Waals surface area contributed by atoms with E-state index in [4.69, 9.17) is 16.3 Å². The molecule has 0 spiro atoms. The molecule has 34 heavy (non-hydrogen) atoms. The van der Waals surface area contributed by atoms with Crippen LogP contribution in [0.4, 0.5) is 0 Å². The average Bonchev–Trinajstić information content (AvgIpc) is 3.31. The Morgan fingerprint density at radius 2 is 2.00 bits per heavy atom. The van der Waals surface area contributed by atoms with Gasteiger partial charge in [-0.25, -0.2) is 19.3 Å². The van der Waals surface area contributed by atoms with Gasteiger partial charge in [-0.05, 0) is 65.7 Å². The minimum absolute atomic E-state index is 0.392. The van der Waals surface area contributed by atoms with Crippen LogP contribution >= 0.6 is 27.5 Å². The molecule has 2 aliphatic rings. The summed E-state index contributed by atoms with van der Waals surface area (Å²) in [6.45, 7) is 3.54. The molecule has 0 radical (unpaired) electrons. The molecule has 0 N–H and O–H groups in total. The van der Waals surface area contributed by atoms with E-state index in [-0.39, 0.29) is 0 Å². The predicted octanol–water partition coefficient (Wildman–Crippen LogP) is 4.87. The maximum Gasteiger partial charge on any atom is 0.223 e. The topological polar surface area (TPSA) is 86.8 Å². The van der Waals surface area contributed by atoms with Gasteiger partial charge in [0, 0.05) is 37.9 Å². The Hall–Kier alpha value is -2.56. The van der Waals surface area contributed by atoms with Crippen LogP contribution in [-0.4, -0.2) is 52.7 Å². The highest BCUT2D eigenvalue weighted by Crippen LogP contribution is 2.37. The Morgan fingerprint density at radius 3 is 2.76 bits per heavy atom. The highest BCUT2D eigenvalue weighted by atomic mass is 79.9. The molecular weight excluding hydrogens is 520 g/mol. The van der Waals surface area contributed by atoms with E-state index in [1.54, 1.807) is 18.9 Å². The molecule has 6 rings (SSSR count). The maximum absolute atomic E-state index is 6.30. The van der Waals surface area contributed by atoms with Crippen molar-refractivity contribution >= 4 is 38.6 Å². The monoisotopic (exact) mass is 542 g/mol. The number of fused-ring (bicyclic) bond motifs is 1. The summed E-state index contributed by atoms with van der Waals surface area (Å²) in [5.74, 6) is 1.93. The third-order valence-electron chi connectivity index (χ3n) is 6.58. The second-order valence-corrected chi connectivity index (χ2v) is 10.3. The van der Waals surface area contributed by atoms with Gasteiger partial charge >= 0.3 is 0 Å². The van der Waals surface area contributed by atoms with Gasteiger partial charge in [-0.3, -0.25) is 4.90 Å². The number of nitrogens with zero attached hydrogens (tertiary/aromatic N) is 8. The van der Waals surface area contributed by atoms with Gasteiger partial charge < -0.3 is 4.74 Å². The van der Waals surface area contributed by atoms with Crippen molar-refractivity contribution in [1.29, 1.82) is 0 Å². The molecule has 1 saturated carbocycles. The Bertz CT molecular complexity index is 1300. The molecular formula is C23H24BrClN8O. The molecule has 1 aliphatic heterocycles. The number of hydrogen-bond acceptors (Lipinski definition) is 7. The summed E-state index contributed by atoms with van der Waals surface area (Å²) in [6.07, 6.45) is 9.59. The first-order valence-electron chi connectivity index (χ1n) is 11.5. The fourth-order valence-electron chi connectivity index (χ4n) is 4.51. The molecule has 176 valence electrons. The number of halogens is 2. The van der Waals surface area contributed by atoms with Gasteiger partial charge in [-0.2, -0.15) is 5.10 Å². The van der Waals surface area contributed by atoms with Crippen LogP contribution in [0.3, 0.4) is 0 Å². The fraction of sp³-hybridized carbons (Fsp3) is 0.435. The van der Waals surface area contributed by atoms with Crippen molar-refractivity contribution in [3.63, 3.8) is 0 Å². The van der Waals surface area contributed by atoms with Crippen LogP contribution in [0.25, 0.3) is 11.0 Å². The van der Waals surface area contributed by atoms with Gasteiger partial charge in [0.15, 0.2) is 0 Å². The average molecular weight is 544 g/mol.